The maximum absolute atomic E-state index is 9.30. The number of para-hydroxylation sites is 4. The molecule has 0 radical (unpaired) electrons. The number of aromatic nitrogens is 7. The SMILES string of the molecule is CC1(C)c2ccccc2-c2ccc(N(c3ccc(-c4ccccc4)cc3)c3ccc(-c4ccc5c(c4)c4ccccc4n5-c4ccccc4)cc3)cc21.[C-]#[N+]c1nc2c(nc1C#N)c1nc(C#N)c(C#N)nc1c1nc([N+]#[C-])c([N+]#[C-])nc21.c1ccc(-c2ccc(N(c3ccccc3)c3ccc(-c4ccc(N(c5ccccc5)c5ccc(-c6ccccc6)cc5)cc4)cc3)cc2)cc1. The van der Waals surface area contributed by atoms with Crippen LogP contribution in [-0.2, 0) is 5.41 Å². The topological polar surface area (TPSA) is 176 Å². The maximum atomic E-state index is 9.30. The van der Waals surface area contributed by atoms with Gasteiger partial charge in [0.1, 0.15) is 34.8 Å². The van der Waals surface area contributed by atoms with Crippen LogP contribution in [0, 0.1) is 53.7 Å². The minimum atomic E-state index is -0.298. The lowest BCUT2D eigenvalue weighted by molar-refractivity contribution is 0.660. The highest BCUT2D eigenvalue weighted by molar-refractivity contribution is 6.19. The molecule has 0 atom stereocenters. The van der Waals surface area contributed by atoms with E-state index >= 15 is 0 Å². The van der Waals surface area contributed by atoms with Crippen molar-refractivity contribution in [3.8, 4) is 90.7 Å². The van der Waals surface area contributed by atoms with Crippen LogP contribution < -0.4 is 14.7 Å². The summed E-state index contributed by atoms with van der Waals surface area (Å²) in [5.74, 6) is -0.890. The summed E-state index contributed by atoms with van der Waals surface area (Å²) < 4.78 is 2.37. The molecule has 0 aliphatic heterocycles. The van der Waals surface area contributed by atoms with Crippen LogP contribution in [-0.4, -0.2) is 34.5 Å². The maximum Gasteiger partial charge on any atom is 0.307 e. The molecule has 17 aromatic carbocycles. The van der Waals surface area contributed by atoms with Crippen molar-refractivity contribution in [1.82, 2.24) is 34.5 Å². The highest BCUT2D eigenvalue weighted by atomic mass is 15.2. The molecule has 0 amide bonds. The molecule has 16 nitrogen and oxygen atoms in total. The molecule has 4 aromatic heterocycles. The lowest BCUT2D eigenvalue weighted by atomic mass is 9.82. The van der Waals surface area contributed by atoms with E-state index in [1.165, 1.54) is 105 Å². The number of rotatable bonds is 15. The molecule has 622 valence electrons. The van der Waals surface area contributed by atoms with Crippen LogP contribution in [0.4, 0.5) is 68.6 Å². The molecular formula is C117H74N16. The van der Waals surface area contributed by atoms with Gasteiger partial charge in [-0.1, -0.05) is 307 Å². The van der Waals surface area contributed by atoms with E-state index in [9.17, 15) is 15.8 Å². The quantitative estimate of drug-likeness (QED) is 0.0702. The van der Waals surface area contributed by atoms with Gasteiger partial charge >= 0.3 is 5.82 Å². The first-order valence-corrected chi connectivity index (χ1v) is 43.2. The van der Waals surface area contributed by atoms with Gasteiger partial charge in [0, 0.05) is 73.1 Å². The van der Waals surface area contributed by atoms with E-state index in [2.05, 4.69) is 490 Å². The summed E-state index contributed by atoms with van der Waals surface area (Å²) >= 11 is 0. The Bertz CT molecular complexity index is 7760. The number of nitriles is 3. The monoisotopic (exact) mass is 1700 g/mol. The summed E-state index contributed by atoms with van der Waals surface area (Å²) in [6.45, 7) is 26.4. The zero-order chi connectivity index (χ0) is 90.5. The minimum Gasteiger partial charge on any atom is -0.370 e. The zero-order valence-electron chi connectivity index (χ0n) is 71.9. The average Bonchev–Trinajstić information content (AvgIpc) is 1.59. The van der Waals surface area contributed by atoms with Crippen LogP contribution in [0.15, 0.2) is 413 Å². The van der Waals surface area contributed by atoms with Crippen LogP contribution in [0.25, 0.3) is 142 Å². The van der Waals surface area contributed by atoms with Crippen molar-refractivity contribution >= 4 is 124 Å². The van der Waals surface area contributed by atoms with Gasteiger partial charge in [-0.05, 0) is 217 Å². The first-order valence-electron chi connectivity index (χ1n) is 43.2. The van der Waals surface area contributed by atoms with Gasteiger partial charge in [-0.25, -0.2) is 15.0 Å². The fraction of sp³-hybridized carbons (Fsp3) is 0.0256. The predicted molar refractivity (Wildman–Crippen MR) is 535 cm³/mol. The van der Waals surface area contributed by atoms with Crippen molar-refractivity contribution in [1.29, 1.82) is 15.8 Å². The van der Waals surface area contributed by atoms with Gasteiger partial charge in [0.05, 0.1) is 11.0 Å². The molecule has 0 saturated carbocycles. The molecule has 0 fully saturated rings. The predicted octanol–water partition coefficient (Wildman–Crippen LogP) is 30.3. The number of anilines is 9. The Labute approximate surface area is 768 Å². The van der Waals surface area contributed by atoms with E-state index in [0.29, 0.717) is 0 Å². The molecule has 1 aliphatic carbocycles. The van der Waals surface area contributed by atoms with Gasteiger partial charge in [0.15, 0.2) is 17.1 Å². The fourth-order valence-corrected chi connectivity index (χ4v) is 17.8. The van der Waals surface area contributed by atoms with Gasteiger partial charge in [0.25, 0.3) is 17.2 Å². The van der Waals surface area contributed by atoms with Crippen molar-refractivity contribution in [2.24, 2.45) is 0 Å². The molecule has 0 N–H and O–H groups in total. The zero-order valence-corrected chi connectivity index (χ0v) is 71.9. The fourth-order valence-electron chi connectivity index (χ4n) is 17.8. The summed E-state index contributed by atoms with van der Waals surface area (Å²) in [7, 11) is 0. The standard InChI is InChI=1S/C51H38N2.C48H36N2.C18N12/c1-51(2)47-19-11-9-17-43(47)44-31-30-42(34-48(44)51)52(40-26-21-36(22-27-40)35-13-5-3-6-14-35)41-28-23-37(24-29-41)38-25-32-50-46(33-38)45-18-10-12-20-49(45)53(50)39-15-7-4-8-16-39;1-5-13-37(14-6-1)39-21-29-45(30-22-39)49(43-17-9-3-10-18-43)47-33-25-41(26-34-47)42-27-35-48(36-28-42)50(44-19-11-4-12-20-44)46-31-23-40(24-32-46)38-15-7-2-8-16-38;1-22-16-9(6-21)27-12-10-11(26-8(5-20)7(4-19)25-10)14-15(13(12)28-16)30-18(24-3)17(23-2)29-14/h3-34H,1-2H3;1-36H;. The number of nitrogens with zero attached hydrogens (tertiary/aromatic N) is 16. The normalized spacial score (nSPS) is 11.4. The second-order valence-electron chi connectivity index (χ2n) is 32.3. The number of hydrogen-bond donors (Lipinski definition) is 0. The Morgan fingerprint density at radius 3 is 0.932 bits per heavy atom. The molecule has 21 aromatic rings. The Hall–Kier alpha value is -19.1. The van der Waals surface area contributed by atoms with Crippen LogP contribution in [0.3, 0.4) is 0 Å². The highest BCUT2D eigenvalue weighted by Gasteiger charge is 2.36. The van der Waals surface area contributed by atoms with Crippen LogP contribution in [0.2, 0.25) is 0 Å². The second kappa shape index (κ2) is 35.7. The molecule has 22 rings (SSSR count). The first kappa shape index (κ1) is 82.2. The van der Waals surface area contributed by atoms with Crippen molar-refractivity contribution in [2.75, 3.05) is 14.7 Å². The molecular weight excluding hydrogens is 1630 g/mol. The minimum absolute atomic E-state index is 0.000622. The third-order valence-corrected chi connectivity index (χ3v) is 24.2. The van der Waals surface area contributed by atoms with Gasteiger partial charge in [0.2, 0.25) is 11.0 Å². The van der Waals surface area contributed by atoms with E-state index in [0.717, 1.165) is 51.2 Å². The Morgan fingerprint density at radius 1 is 0.248 bits per heavy atom. The molecule has 1 aliphatic rings. The number of hydrogen-bond acceptors (Lipinski definition) is 12. The molecule has 0 bridgehead atoms. The number of benzene rings is 17. The van der Waals surface area contributed by atoms with Gasteiger partial charge < -0.3 is 33.8 Å². The molecule has 133 heavy (non-hydrogen) atoms. The third-order valence-electron chi connectivity index (χ3n) is 24.2. The Morgan fingerprint density at radius 2 is 0.534 bits per heavy atom. The van der Waals surface area contributed by atoms with Crippen LogP contribution in [0.5, 0.6) is 0 Å². The molecule has 4 heterocycles. The molecule has 16 heteroatoms. The highest BCUT2D eigenvalue weighted by Crippen LogP contribution is 2.52. The summed E-state index contributed by atoms with van der Waals surface area (Å²) in [5.41, 5.74) is 30.2. The second-order valence-corrected chi connectivity index (χ2v) is 32.3. The van der Waals surface area contributed by atoms with E-state index in [-0.39, 0.29) is 73.1 Å². The average molecular weight is 1700 g/mol. The summed E-state index contributed by atoms with van der Waals surface area (Å²) in [6, 6.07) is 154. The Kier molecular flexibility index (Phi) is 22.1. The van der Waals surface area contributed by atoms with Gasteiger partial charge in [-0.2, -0.15) is 15.8 Å². The molecule has 0 saturated heterocycles. The van der Waals surface area contributed by atoms with Crippen molar-refractivity contribution < 1.29 is 0 Å². The number of fused-ring (bicyclic) bond motifs is 12. The van der Waals surface area contributed by atoms with E-state index in [1.54, 1.807) is 18.2 Å². The van der Waals surface area contributed by atoms with Crippen LogP contribution in [0.1, 0.15) is 42.1 Å². The molecule has 0 spiro atoms. The van der Waals surface area contributed by atoms with Crippen molar-refractivity contribution in [3.63, 3.8) is 0 Å². The van der Waals surface area contributed by atoms with Crippen molar-refractivity contribution in [2.45, 2.75) is 19.3 Å². The van der Waals surface area contributed by atoms with Crippen molar-refractivity contribution in [3.05, 3.63) is 475 Å². The molecule has 0 unspecified atom stereocenters. The smallest absolute Gasteiger partial charge is 0.307 e. The van der Waals surface area contributed by atoms with E-state index < -0.39 is 0 Å². The third kappa shape index (κ3) is 15.8. The van der Waals surface area contributed by atoms with Gasteiger partial charge in [-0.15, -0.1) is 15.0 Å². The van der Waals surface area contributed by atoms with E-state index in [4.69, 9.17) is 19.7 Å². The summed E-state index contributed by atoms with van der Waals surface area (Å²) in [6.07, 6.45) is 0. The largest absolute Gasteiger partial charge is 0.370 e. The van der Waals surface area contributed by atoms with E-state index in [1.807, 2.05) is 0 Å². The summed E-state index contributed by atoms with van der Waals surface area (Å²) in [5, 5.41) is 30.4. The first-order chi connectivity index (χ1) is 65.4. The van der Waals surface area contributed by atoms with Gasteiger partial charge in [-0.3, -0.25) is 0 Å². The Balaban J connectivity index is 0.000000129. The summed E-state index contributed by atoms with van der Waals surface area (Å²) in [4.78, 5) is 41.4. The van der Waals surface area contributed by atoms with Crippen LogP contribution >= 0.6 is 0 Å². The lowest BCUT2D eigenvalue weighted by Gasteiger charge is -2.28. The lowest BCUT2D eigenvalue weighted by Crippen LogP contribution is -2.16.